The lowest BCUT2D eigenvalue weighted by Crippen LogP contribution is -2.20. The molecule has 2 rings (SSSR count). The molecule has 4 heteroatoms. The normalized spacial score (nSPS) is 16.9. The zero-order chi connectivity index (χ0) is 12.3. The summed E-state index contributed by atoms with van der Waals surface area (Å²) < 4.78 is 4.89. The fourth-order valence-electron chi connectivity index (χ4n) is 1.60. The molecule has 2 heterocycles. The quantitative estimate of drug-likeness (QED) is 0.843. The Kier molecular flexibility index (Phi) is 3.35. The van der Waals surface area contributed by atoms with E-state index in [0.717, 1.165) is 11.3 Å². The van der Waals surface area contributed by atoms with Crippen LogP contribution in [-0.4, -0.2) is 29.1 Å². The van der Waals surface area contributed by atoms with Crippen LogP contribution in [0.25, 0.3) is 6.08 Å². The number of aliphatic hydroxyl groups excluding tert-OH is 1. The molecule has 1 N–H and O–H groups in total. The van der Waals surface area contributed by atoms with Crippen LogP contribution in [0.1, 0.15) is 11.3 Å². The molecule has 88 valence electrons. The van der Waals surface area contributed by atoms with Crippen molar-refractivity contribution in [1.82, 2.24) is 4.98 Å². The SMILES string of the molecule is Cc1cc(/C=C/C2=C(O)COCC2=O)ccn1. The Morgan fingerprint density at radius 1 is 1.41 bits per heavy atom. The van der Waals surface area contributed by atoms with Gasteiger partial charge in [-0.05, 0) is 30.7 Å². The molecule has 1 aromatic rings. The maximum atomic E-state index is 11.5. The van der Waals surface area contributed by atoms with Gasteiger partial charge in [0.15, 0.2) is 5.78 Å². The van der Waals surface area contributed by atoms with E-state index >= 15 is 0 Å². The average Bonchev–Trinajstić information content (AvgIpc) is 2.28. The lowest BCUT2D eigenvalue weighted by molar-refractivity contribution is -0.121. The van der Waals surface area contributed by atoms with Gasteiger partial charge in [0.05, 0.1) is 5.57 Å². The van der Waals surface area contributed by atoms with Crippen molar-refractivity contribution in [2.24, 2.45) is 0 Å². The van der Waals surface area contributed by atoms with Gasteiger partial charge in [-0.2, -0.15) is 0 Å². The summed E-state index contributed by atoms with van der Waals surface area (Å²) in [5, 5.41) is 9.54. The highest BCUT2D eigenvalue weighted by atomic mass is 16.5. The Hall–Kier alpha value is -1.94. The molecule has 0 spiro atoms. The number of pyridine rings is 1. The molecular weight excluding hydrogens is 218 g/mol. The van der Waals surface area contributed by atoms with Gasteiger partial charge in [0.1, 0.15) is 19.0 Å². The van der Waals surface area contributed by atoms with Gasteiger partial charge in [0.25, 0.3) is 0 Å². The Morgan fingerprint density at radius 3 is 2.94 bits per heavy atom. The van der Waals surface area contributed by atoms with E-state index in [1.165, 1.54) is 0 Å². The van der Waals surface area contributed by atoms with Gasteiger partial charge in [-0.3, -0.25) is 9.78 Å². The second-order valence-electron chi connectivity index (χ2n) is 3.84. The fourth-order valence-corrected chi connectivity index (χ4v) is 1.60. The van der Waals surface area contributed by atoms with Crippen molar-refractivity contribution in [3.63, 3.8) is 0 Å². The highest BCUT2D eigenvalue weighted by Crippen LogP contribution is 2.14. The topological polar surface area (TPSA) is 59.4 Å². The minimum absolute atomic E-state index is 0.0109. The number of aliphatic hydroxyl groups is 1. The summed E-state index contributed by atoms with van der Waals surface area (Å²) in [6, 6.07) is 3.74. The van der Waals surface area contributed by atoms with E-state index in [4.69, 9.17) is 4.74 Å². The molecule has 1 aliphatic heterocycles. The van der Waals surface area contributed by atoms with Crippen molar-refractivity contribution < 1.29 is 14.6 Å². The molecule has 1 aliphatic rings. The Bertz CT molecular complexity index is 503. The van der Waals surface area contributed by atoms with Gasteiger partial charge in [0.2, 0.25) is 0 Å². The maximum absolute atomic E-state index is 11.5. The number of aromatic nitrogens is 1. The lowest BCUT2D eigenvalue weighted by Gasteiger charge is -2.12. The third-order valence-corrected chi connectivity index (χ3v) is 2.45. The molecule has 1 aromatic heterocycles. The van der Waals surface area contributed by atoms with E-state index in [1.807, 2.05) is 19.1 Å². The number of Topliss-reactive ketones (excluding diaryl/α,β-unsaturated/α-hetero) is 1. The van der Waals surface area contributed by atoms with E-state index in [2.05, 4.69) is 4.98 Å². The summed E-state index contributed by atoms with van der Waals surface area (Å²) in [5.74, 6) is -0.209. The minimum Gasteiger partial charge on any atom is -0.509 e. The van der Waals surface area contributed by atoms with Crippen molar-refractivity contribution in [3.8, 4) is 0 Å². The molecule has 0 radical (unpaired) electrons. The molecule has 0 aliphatic carbocycles. The van der Waals surface area contributed by atoms with Crippen LogP contribution in [-0.2, 0) is 9.53 Å². The summed E-state index contributed by atoms with van der Waals surface area (Å²) in [4.78, 5) is 15.6. The first-order valence-electron chi connectivity index (χ1n) is 5.30. The van der Waals surface area contributed by atoms with Crippen LogP contribution in [0.15, 0.2) is 35.7 Å². The van der Waals surface area contributed by atoms with Gasteiger partial charge in [0, 0.05) is 11.9 Å². The van der Waals surface area contributed by atoms with Crippen LogP contribution in [0, 0.1) is 6.92 Å². The van der Waals surface area contributed by atoms with Crippen LogP contribution in [0.3, 0.4) is 0 Å². The predicted octanol–water partition coefficient (Wildman–Crippen LogP) is 1.81. The number of nitrogens with zero attached hydrogens (tertiary/aromatic N) is 1. The van der Waals surface area contributed by atoms with Crippen molar-refractivity contribution in [1.29, 1.82) is 0 Å². The molecule has 0 saturated heterocycles. The first-order chi connectivity index (χ1) is 8.16. The van der Waals surface area contributed by atoms with Gasteiger partial charge in [-0.1, -0.05) is 6.08 Å². The van der Waals surface area contributed by atoms with Crippen molar-refractivity contribution in [2.45, 2.75) is 6.92 Å². The van der Waals surface area contributed by atoms with E-state index in [1.54, 1.807) is 18.3 Å². The summed E-state index contributed by atoms with van der Waals surface area (Å²) in [7, 11) is 0. The molecule has 0 unspecified atom stereocenters. The van der Waals surface area contributed by atoms with Crippen LogP contribution in [0.5, 0.6) is 0 Å². The van der Waals surface area contributed by atoms with E-state index in [-0.39, 0.29) is 24.8 Å². The molecule has 0 atom stereocenters. The number of hydrogen-bond donors (Lipinski definition) is 1. The number of ether oxygens (including phenoxy) is 1. The summed E-state index contributed by atoms with van der Waals surface area (Å²) in [5.41, 5.74) is 2.17. The zero-order valence-corrected chi connectivity index (χ0v) is 9.51. The van der Waals surface area contributed by atoms with Crippen molar-refractivity contribution >= 4 is 11.9 Å². The smallest absolute Gasteiger partial charge is 0.191 e. The first-order valence-corrected chi connectivity index (χ1v) is 5.30. The average molecular weight is 231 g/mol. The molecule has 0 saturated carbocycles. The first kappa shape index (κ1) is 11.5. The summed E-state index contributed by atoms with van der Waals surface area (Å²) in [6.07, 6.45) is 5.10. The number of ketones is 1. The molecule has 0 aromatic carbocycles. The van der Waals surface area contributed by atoms with Gasteiger partial charge in [-0.15, -0.1) is 0 Å². The summed E-state index contributed by atoms with van der Waals surface area (Å²) in [6.45, 7) is 2.02. The predicted molar refractivity (Wildman–Crippen MR) is 63.5 cm³/mol. The maximum Gasteiger partial charge on any atom is 0.191 e. The molecule has 4 nitrogen and oxygen atoms in total. The van der Waals surface area contributed by atoms with Gasteiger partial charge >= 0.3 is 0 Å². The Labute approximate surface area is 99.3 Å². The summed E-state index contributed by atoms with van der Waals surface area (Å²) >= 11 is 0. The van der Waals surface area contributed by atoms with Gasteiger partial charge < -0.3 is 9.84 Å². The Balaban J connectivity index is 2.23. The highest BCUT2D eigenvalue weighted by Gasteiger charge is 2.17. The second-order valence-corrected chi connectivity index (χ2v) is 3.84. The van der Waals surface area contributed by atoms with Crippen molar-refractivity contribution in [3.05, 3.63) is 47.0 Å². The molecule has 0 amide bonds. The standard InChI is InChI=1S/C13H13NO3/c1-9-6-10(4-5-14-9)2-3-11-12(15)7-17-8-13(11)16/h2-6,15H,7-8H2,1H3/b3-2+. The number of carbonyl (C=O) groups is 1. The molecule has 17 heavy (non-hydrogen) atoms. The largest absolute Gasteiger partial charge is 0.509 e. The molecule has 0 fully saturated rings. The number of aryl methyl sites for hydroxylation is 1. The van der Waals surface area contributed by atoms with Gasteiger partial charge in [-0.25, -0.2) is 0 Å². The second kappa shape index (κ2) is 4.93. The zero-order valence-electron chi connectivity index (χ0n) is 9.51. The fraction of sp³-hybridized carbons (Fsp3) is 0.231. The van der Waals surface area contributed by atoms with E-state index < -0.39 is 0 Å². The Morgan fingerprint density at radius 2 is 2.24 bits per heavy atom. The van der Waals surface area contributed by atoms with Crippen LogP contribution in [0.2, 0.25) is 0 Å². The van der Waals surface area contributed by atoms with Crippen LogP contribution >= 0.6 is 0 Å². The minimum atomic E-state index is -0.198. The molecule has 0 bridgehead atoms. The van der Waals surface area contributed by atoms with Crippen molar-refractivity contribution in [2.75, 3.05) is 13.2 Å². The van der Waals surface area contributed by atoms with Crippen LogP contribution in [0.4, 0.5) is 0 Å². The van der Waals surface area contributed by atoms with E-state index in [9.17, 15) is 9.90 Å². The highest BCUT2D eigenvalue weighted by molar-refractivity contribution is 6.00. The third-order valence-electron chi connectivity index (χ3n) is 2.45. The monoisotopic (exact) mass is 231 g/mol. The third kappa shape index (κ3) is 2.79. The number of hydrogen-bond acceptors (Lipinski definition) is 4. The van der Waals surface area contributed by atoms with E-state index in [0.29, 0.717) is 5.57 Å². The lowest BCUT2D eigenvalue weighted by atomic mass is 10.1. The number of rotatable bonds is 2. The number of carbonyl (C=O) groups excluding carboxylic acids is 1. The molecular formula is C13H13NO3. The van der Waals surface area contributed by atoms with Crippen LogP contribution < -0.4 is 0 Å². The number of allylic oxidation sites excluding steroid dienone is 1.